The molecule has 0 fully saturated rings. The summed E-state index contributed by atoms with van der Waals surface area (Å²) in [5, 5.41) is 14.9. The Morgan fingerprint density at radius 3 is 2.44 bits per heavy atom. The molecular formula is C27H18N4O5. The van der Waals surface area contributed by atoms with Crippen LogP contribution in [0.4, 0.5) is 17.2 Å². The fraction of sp³-hybridized carbons (Fsp3) is 0.0741. The SMILES string of the molecule is Cc1ccc(C2c3c(Nc4ccc([N+](=O)[O-])cc4)ncnc3Oc3c2c(=O)oc2ccccc32)cc1. The predicted octanol–water partition coefficient (Wildman–Crippen LogP) is 5.83. The van der Waals surface area contributed by atoms with Gasteiger partial charge in [0.15, 0.2) is 5.75 Å². The molecule has 9 nitrogen and oxygen atoms in total. The van der Waals surface area contributed by atoms with Crippen LogP contribution in [-0.2, 0) is 0 Å². The first-order valence-electron chi connectivity index (χ1n) is 11.2. The number of aromatic nitrogens is 2. The first kappa shape index (κ1) is 21.5. The summed E-state index contributed by atoms with van der Waals surface area (Å²) in [4.78, 5) is 32.7. The van der Waals surface area contributed by atoms with Crippen LogP contribution in [0.1, 0.15) is 28.2 Å². The van der Waals surface area contributed by atoms with E-state index < -0.39 is 16.5 Å². The number of fused-ring (bicyclic) bond motifs is 4. The standard InChI is InChI=1S/C27H18N4O5/c1-15-6-8-16(9-7-15)21-22-24(19-4-2-3-5-20(19)35-27(22)32)36-26-23(21)25(28-14-29-26)30-17-10-12-18(13-11-17)31(33)34/h2-14,21H,1H3,(H,28,29,30). The second-order valence-electron chi connectivity index (χ2n) is 8.44. The molecule has 9 heteroatoms. The number of hydrogen-bond donors (Lipinski definition) is 1. The highest BCUT2D eigenvalue weighted by atomic mass is 16.6. The summed E-state index contributed by atoms with van der Waals surface area (Å²) in [5.41, 5.74) is 3.31. The maximum atomic E-state index is 13.3. The van der Waals surface area contributed by atoms with Crippen LogP contribution < -0.4 is 15.7 Å². The Labute approximate surface area is 204 Å². The number of rotatable bonds is 4. The van der Waals surface area contributed by atoms with E-state index in [2.05, 4.69) is 15.3 Å². The van der Waals surface area contributed by atoms with E-state index in [4.69, 9.17) is 9.15 Å². The van der Waals surface area contributed by atoms with Crippen molar-refractivity contribution in [1.82, 2.24) is 9.97 Å². The third kappa shape index (κ3) is 3.54. The highest BCUT2D eigenvalue weighted by Crippen LogP contribution is 2.49. The van der Waals surface area contributed by atoms with Crippen LogP contribution in [0, 0.1) is 17.0 Å². The second-order valence-corrected chi connectivity index (χ2v) is 8.44. The van der Waals surface area contributed by atoms with Gasteiger partial charge in [-0.25, -0.2) is 14.8 Å². The van der Waals surface area contributed by atoms with Crippen molar-refractivity contribution in [3.8, 4) is 11.6 Å². The number of benzene rings is 3. The lowest BCUT2D eigenvalue weighted by Crippen LogP contribution is -2.22. The molecule has 3 aromatic carbocycles. The van der Waals surface area contributed by atoms with Crippen molar-refractivity contribution in [2.75, 3.05) is 5.32 Å². The molecule has 2 aromatic heterocycles. The summed E-state index contributed by atoms with van der Waals surface area (Å²) in [6.45, 7) is 1.99. The lowest BCUT2D eigenvalue weighted by Gasteiger charge is -2.28. The molecule has 1 aliphatic rings. The zero-order valence-corrected chi connectivity index (χ0v) is 19.0. The van der Waals surface area contributed by atoms with E-state index >= 15 is 0 Å². The van der Waals surface area contributed by atoms with Crippen LogP contribution in [0.2, 0.25) is 0 Å². The average molecular weight is 478 g/mol. The summed E-state index contributed by atoms with van der Waals surface area (Å²) in [6.07, 6.45) is 1.37. The van der Waals surface area contributed by atoms with Gasteiger partial charge >= 0.3 is 5.63 Å². The van der Waals surface area contributed by atoms with Gasteiger partial charge in [-0.2, -0.15) is 0 Å². The molecule has 0 spiro atoms. The number of nitro benzene ring substituents is 1. The summed E-state index contributed by atoms with van der Waals surface area (Å²) in [7, 11) is 0. The minimum Gasteiger partial charge on any atom is -0.437 e. The molecule has 176 valence electrons. The van der Waals surface area contributed by atoms with Crippen LogP contribution in [0.3, 0.4) is 0 Å². The Bertz CT molecular complexity index is 1700. The van der Waals surface area contributed by atoms with Crippen molar-refractivity contribution >= 4 is 28.2 Å². The molecular weight excluding hydrogens is 460 g/mol. The number of nitrogens with zero attached hydrogens (tertiary/aromatic N) is 3. The van der Waals surface area contributed by atoms with Gasteiger partial charge in [0.2, 0.25) is 5.88 Å². The molecule has 5 aromatic rings. The maximum Gasteiger partial charge on any atom is 0.344 e. The van der Waals surface area contributed by atoms with E-state index in [9.17, 15) is 14.9 Å². The van der Waals surface area contributed by atoms with Crippen molar-refractivity contribution in [2.45, 2.75) is 12.8 Å². The maximum absolute atomic E-state index is 13.3. The van der Waals surface area contributed by atoms with Crippen LogP contribution in [-0.4, -0.2) is 14.9 Å². The van der Waals surface area contributed by atoms with Gasteiger partial charge in [0.1, 0.15) is 17.7 Å². The van der Waals surface area contributed by atoms with Crippen molar-refractivity contribution in [3.05, 3.63) is 122 Å². The molecule has 0 saturated heterocycles. The molecule has 0 saturated carbocycles. The number of aryl methyl sites for hydroxylation is 1. The molecule has 1 unspecified atom stereocenters. The smallest absolute Gasteiger partial charge is 0.344 e. The lowest BCUT2D eigenvalue weighted by atomic mass is 9.83. The first-order valence-corrected chi connectivity index (χ1v) is 11.2. The largest absolute Gasteiger partial charge is 0.437 e. The number of anilines is 2. The van der Waals surface area contributed by atoms with Crippen LogP contribution in [0.25, 0.3) is 11.0 Å². The van der Waals surface area contributed by atoms with Gasteiger partial charge in [0.25, 0.3) is 5.69 Å². The molecule has 6 rings (SSSR count). The van der Waals surface area contributed by atoms with E-state index in [1.165, 1.54) is 18.5 Å². The number of nitrogens with one attached hydrogen (secondary N) is 1. The Hall–Kier alpha value is -5.05. The van der Waals surface area contributed by atoms with Crippen LogP contribution >= 0.6 is 0 Å². The van der Waals surface area contributed by atoms with Crippen molar-refractivity contribution in [3.63, 3.8) is 0 Å². The average Bonchev–Trinajstić information content (AvgIpc) is 2.89. The summed E-state index contributed by atoms with van der Waals surface area (Å²) >= 11 is 0. The van der Waals surface area contributed by atoms with Gasteiger partial charge in [0, 0.05) is 17.8 Å². The van der Waals surface area contributed by atoms with Gasteiger partial charge in [0.05, 0.1) is 27.4 Å². The molecule has 0 bridgehead atoms. The van der Waals surface area contributed by atoms with E-state index in [0.717, 1.165) is 11.1 Å². The molecule has 0 radical (unpaired) electrons. The summed E-state index contributed by atoms with van der Waals surface area (Å²) in [6, 6.07) is 21.0. The van der Waals surface area contributed by atoms with E-state index in [1.807, 2.05) is 43.3 Å². The number of para-hydroxylation sites is 1. The fourth-order valence-electron chi connectivity index (χ4n) is 4.45. The Balaban J connectivity index is 1.57. The lowest BCUT2D eigenvalue weighted by molar-refractivity contribution is -0.384. The van der Waals surface area contributed by atoms with E-state index in [1.54, 1.807) is 24.3 Å². The predicted molar refractivity (Wildman–Crippen MR) is 133 cm³/mol. The molecule has 1 aliphatic heterocycles. The first-order chi connectivity index (χ1) is 17.5. The zero-order valence-electron chi connectivity index (χ0n) is 19.0. The minimum absolute atomic E-state index is 0.0236. The van der Waals surface area contributed by atoms with Crippen LogP contribution in [0.5, 0.6) is 11.6 Å². The molecule has 1 N–H and O–H groups in total. The van der Waals surface area contributed by atoms with Gasteiger partial charge in [-0.05, 0) is 36.8 Å². The van der Waals surface area contributed by atoms with Gasteiger partial charge < -0.3 is 14.5 Å². The van der Waals surface area contributed by atoms with Crippen LogP contribution in [0.15, 0.2) is 88.3 Å². The Kier molecular flexibility index (Phi) is 4.96. The normalized spacial score (nSPS) is 14.0. The fourth-order valence-corrected chi connectivity index (χ4v) is 4.45. The third-order valence-corrected chi connectivity index (χ3v) is 6.17. The minimum atomic E-state index is -0.577. The van der Waals surface area contributed by atoms with E-state index in [-0.39, 0.29) is 5.69 Å². The molecule has 3 heterocycles. The molecule has 1 atom stereocenters. The number of ether oxygens (including phenoxy) is 1. The summed E-state index contributed by atoms with van der Waals surface area (Å²) in [5.74, 6) is 0.549. The van der Waals surface area contributed by atoms with Gasteiger partial charge in [-0.15, -0.1) is 0 Å². The number of hydrogen-bond acceptors (Lipinski definition) is 8. The van der Waals surface area contributed by atoms with Gasteiger partial charge in [-0.3, -0.25) is 10.1 Å². The van der Waals surface area contributed by atoms with Crippen molar-refractivity contribution in [1.29, 1.82) is 0 Å². The van der Waals surface area contributed by atoms with Crippen molar-refractivity contribution in [2.24, 2.45) is 0 Å². The molecule has 0 aliphatic carbocycles. The molecule has 36 heavy (non-hydrogen) atoms. The summed E-state index contributed by atoms with van der Waals surface area (Å²) < 4.78 is 11.9. The third-order valence-electron chi connectivity index (χ3n) is 6.17. The second kappa shape index (κ2) is 8.31. The Morgan fingerprint density at radius 2 is 1.69 bits per heavy atom. The van der Waals surface area contributed by atoms with Gasteiger partial charge in [-0.1, -0.05) is 42.0 Å². The number of non-ortho nitro benzene ring substituents is 1. The highest BCUT2D eigenvalue weighted by molar-refractivity contribution is 5.86. The monoisotopic (exact) mass is 478 g/mol. The van der Waals surface area contributed by atoms with Crippen molar-refractivity contribution < 1.29 is 14.1 Å². The molecule has 0 amide bonds. The Morgan fingerprint density at radius 1 is 0.944 bits per heavy atom. The van der Waals surface area contributed by atoms with E-state index in [0.29, 0.717) is 45.2 Å². The topological polar surface area (TPSA) is 120 Å². The quantitative estimate of drug-likeness (QED) is 0.191. The zero-order chi connectivity index (χ0) is 24.8. The number of nitro groups is 1. The highest BCUT2D eigenvalue weighted by Gasteiger charge is 2.37.